The van der Waals surface area contributed by atoms with E-state index in [0.717, 1.165) is 10.0 Å². The second-order valence-electron chi connectivity index (χ2n) is 2.94. The molecule has 0 nitrogen and oxygen atoms in total. The van der Waals surface area contributed by atoms with Crippen molar-refractivity contribution in [2.75, 3.05) is 0 Å². The van der Waals surface area contributed by atoms with Gasteiger partial charge in [-0.3, -0.25) is 0 Å². The van der Waals surface area contributed by atoms with Gasteiger partial charge in [-0.1, -0.05) is 34.9 Å². The first kappa shape index (κ1) is 10.1. The molecular formula is C12H11Br. The Kier molecular flexibility index (Phi) is 3.33. The topological polar surface area (TPSA) is 0 Å². The van der Waals surface area contributed by atoms with Gasteiger partial charge in [-0.05, 0) is 29.7 Å². The van der Waals surface area contributed by atoms with E-state index in [4.69, 9.17) is 6.42 Å². The largest absolute Gasteiger partial charge is 0.115 e. The van der Waals surface area contributed by atoms with E-state index in [2.05, 4.69) is 41.4 Å². The smallest absolute Gasteiger partial charge is 0.0256 e. The van der Waals surface area contributed by atoms with Crippen LogP contribution in [0.15, 0.2) is 35.3 Å². The van der Waals surface area contributed by atoms with Gasteiger partial charge in [-0.15, -0.1) is 13.0 Å². The van der Waals surface area contributed by atoms with E-state index < -0.39 is 0 Å². The molecule has 1 heteroatoms. The summed E-state index contributed by atoms with van der Waals surface area (Å²) in [7, 11) is 0. The zero-order chi connectivity index (χ0) is 9.84. The summed E-state index contributed by atoms with van der Waals surface area (Å²) in [6.07, 6.45) is 7.24. The van der Waals surface area contributed by atoms with E-state index >= 15 is 0 Å². The van der Waals surface area contributed by atoms with Crippen LogP contribution in [0.2, 0.25) is 0 Å². The first-order chi connectivity index (χ1) is 6.17. The van der Waals surface area contributed by atoms with Crippen LogP contribution in [0, 0.1) is 12.3 Å². The van der Waals surface area contributed by atoms with Gasteiger partial charge in [0, 0.05) is 10.0 Å². The normalized spacial score (nSPS) is 11.8. The molecule has 1 rings (SSSR count). The van der Waals surface area contributed by atoms with Crippen LogP contribution >= 0.6 is 15.9 Å². The summed E-state index contributed by atoms with van der Waals surface area (Å²) < 4.78 is 1.02. The van der Waals surface area contributed by atoms with Gasteiger partial charge in [0.2, 0.25) is 0 Å². The summed E-state index contributed by atoms with van der Waals surface area (Å²) in [4.78, 5) is 0. The van der Waals surface area contributed by atoms with E-state index in [1.54, 1.807) is 0 Å². The summed E-state index contributed by atoms with van der Waals surface area (Å²) in [5.74, 6) is 2.96. The van der Waals surface area contributed by atoms with Crippen molar-refractivity contribution in [3.05, 3.63) is 46.5 Å². The lowest BCUT2D eigenvalue weighted by Crippen LogP contribution is -1.89. The second-order valence-corrected chi connectivity index (χ2v) is 3.86. The van der Waals surface area contributed by atoms with Crippen molar-refractivity contribution in [2.45, 2.75) is 12.8 Å². The van der Waals surface area contributed by atoms with E-state index in [9.17, 15) is 0 Å². The molecule has 0 bridgehead atoms. The maximum atomic E-state index is 5.33. The number of halogens is 1. The van der Waals surface area contributed by atoms with E-state index in [-0.39, 0.29) is 0 Å². The highest BCUT2D eigenvalue weighted by atomic mass is 79.9. The van der Waals surface area contributed by atoms with Crippen LogP contribution in [-0.4, -0.2) is 0 Å². The fraction of sp³-hybridized carbons (Fsp3) is 0.167. The molecular weight excluding hydrogens is 224 g/mol. The SMILES string of the molecule is C#Cc1cc(Br)cc(C(C)C=C)c1. The van der Waals surface area contributed by atoms with Crippen LogP contribution in [-0.2, 0) is 0 Å². The third-order valence-electron chi connectivity index (χ3n) is 1.97. The number of allylic oxidation sites excluding steroid dienone is 1. The molecule has 13 heavy (non-hydrogen) atoms. The van der Waals surface area contributed by atoms with Gasteiger partial charge < -0.3 is 0 Å². The Morgan fingerprint density at radius 2 is 2.23 bits per heavy atom. The lowest BCUT2D eigenvalue weighted by atomic mass is 9.99. The average Bonchev–Trinajstić information content (AvgIpc) is 2.15. The van der Waals surface area contributed by atoms with Crippen molar-refractivity contribution in [3.8, 4) is 12.3 Å². The minimum Gasteiger partial charge on any atom is -0.115 e. The van der Waals surface area contributed by atoms with Crippen molar-refractivity contribution < 1.29 is 0 Å². The highest BCUT2D eigenvalue weighted by molar-refractivity contribution is 9.10. The van der Waals surface area contributed by atoms with E-state index in [1.807, 2.05) is 18.2 Å². The van der Waals surface area contributed by atoms with Gasteiger partial charge in [0.15, 0.2) is 0 Å². The minimum atomic E-state index is 0.338. The Bertz CT molecular complexity index is 358. The molecule has 1 atom stereocenters. The highest BCUT2D eigenvalue weighted by Crippen LogP contribution is 2.22. The summed E-state index contributed by atoms with van der Waals surface area (Å²) in [6.45, 7) is 5.85. The molecule has 0 amide bonds. The van der Waals surface area contributed by atoms with Crippen LogP contribution in [0.4, 0.5) is 0 Å². The van der Waals surface area contributed by atoms with E-state index in [0.29, 0.717) is 5.92 Å². The molecule has 0 N–H and O–H groups in total. The molecule has 0 aliphatic carbocycles. The summed E-state index contributed by atoms with van der Waals surface area (Å²) in [5, 5.41) is 0. The number of hydrogen-bond acceptors (Lipinski definition) is 0. The van der Waals surface area contributed by atoms with Crippen LogP contribution < -0.4 is 0 Å². The van der Waals surface area contributed by atoms with Gasteiger partial charge in [-0.25, -0.2) is 0 Å². The zero-order valence-corrected chi connectivity index (χ0v) is 9.14. The molecule has 1 aromatic carbocycles. The first-order valence-corrected chi connectivity index (χ1v) is 4.86. The molecule has 0 radical (unpaired) electrons. The fourth-order valence-electron chi connectivity index (χ4n) is 1.09. The minimum absolute atomic E-state index is 0.338. The van der Waals surface area contributed by atoms with Crippen LogP contribution in [0.25, 0.3) is 0 Å². The van der Waals surface area contributed by atoms with Crippen molar-refractivity contribution in [2.24, 2.45) is 0 Å². The molecule has 0 fully saturated rings. The van der Waals surface area contributed by atoms with Crippen molar-refractivity contribution in [3.63, 3.8) is 0 Å². The molecule has 0 saturated heterocycles. The summed E-state index contributed by atoms with van der Waals surface area (Å²) in [6, 6.07) is 6.00. The molecule has 1 unspecified atom stereocenters. The highest BCUT2D eigenvalue weighted by Gasteiger charge is 2.02. The van der Waals surface area contributed by atoms with Crippen LogP contribution in [0.1, 0.15) is 24.0 Å². The predicted molar refractivity (Wildman–Crippen MR) is 60.7 cm³/mol. The van der Waals surface area contributed by atoms with Crippen LogP contribution in [0.5, 0.6) is 0 Å². The Morgan fingerprint density at radius 3 is 2.77 bits per heavy atom. The number of hydrogen-bond donors (Lipinski definition) is 0. The summed E-state index contributed by atoms with van der Waals surface area (Å²) >= 11 is 3.42. The van der Waals surface area contributed by atoms with Gasteiger partial charge >= 0.3 is 0 Å². The third kappa shape index (κ3) is 2.47. The maximum absolute atomic E-state index is 5.33. The van der Waals surface area contributed by atoms with Gasteiger partial charge in [-0.2, -0.15) is 0 Å². The number of rotatable bonds is 2. The molecule has 66 valence electrons. The molecule has 0 saturated carbocycles. The predicted octanol–water partition coefficient (Wildman–Crippen LogP) is 3.72. The Balaban J connectivity index is 3.17. The van der Waals surface area contributed by atoms with Crippen LogP contribution in [0.3, 0.4) is 0 Å². The van der Waals surface area contributed by atoms with Crippen molar-refractivity contribution in [1.82, 2.24) is 0 Å². The Hall–Kier alpha value is -1.00. The lowest BCUT2D eigenvalue weighted by Gasteiger charge is -2.07. The zero-order valence-electron chi connectivity index (χ0n) is 7.55. The second kappa shape index (κ2) is 4.30. The van der Waals surface area contributed by atoms with Gasteiger partial charge in [0.25, 0.3) is 0 Å². The van der Waals surface area contributed by atoms with Crippen molar-refractivity contribution in [1.29, 1.82) is 0 Å². The molecule has 0 aliphatic heterocycles. The average molecular weight is 235 g/mol. The molecule has 0 heterocycles. The first-order valence-electron chi connectivity index (χ1n) is 4.07. The van der Waals surface area contributed by atoms with Crippen molar-refractivity contribution >= 4 is 15.9 Å². The van der Waals surface area contributed by atoms with E-state index in [1.165, 1.54) is 5.56 Å². The Labute approximate surface area is 87.8 Å². The Morgan fingerprint density at radius 1 is 1.54 bits per heavy atom. The third-order valence-corrected chi connectivity index (χ3v) is 2.42. The summed E-state index contributed by atoms with van der Waals surface area (Å²) in [5.41, 5.74) is 2.09. The fourth-order valence-corrected chi connectivity index (χ4v) is 1.61. The quantitative estimate of drug-likeness (QED) is 0.541. The van der Waals surface area contributed by atoms with Gasteiger partial charge in [0.1, 0.15) is 0 Å². The molecule has 0 spiro atoms. The standard InChI is InChI=1S/C12H11Br/c1-4-9(3)11-6-10(5-2)7-12(13)8-11/h2,4,6-9H,1H2,3H3. The molecule has 1 aromatic rings. The maximum Gasteiger partial charge on any atom is 0.0256 e. The molecule has 0 aliphatic rings. The van der Waals surface area contributed by atoms with Gasteiger partial charge in [0.05, 0.1) is 0 Å². The monoisotopic (exact) mass is 234 g/mol. The number of terminal acetylenes is 1. The number of benzene rings is 1. The lowest BCUT2D eigenvalue weighted by molar-refractivity contribution is 0.969. The molecule has 0 aromatic heterocycles.